The van der Waals surface area contributed by atoms with Gasteiger partial charge < -0.3 is 4.74 Å². The normalized spacial score (nSPS) is 15.1. The Kier molecular flexibility index (Phi) is 5.83. The summed E-state index contributed by atoms with van der Waals surface area (Å²) in [5.74, 6) is 0.743. The fourth-order valence-electron chi connectivity index (χ4n) is 1.55. The minimum Gasteiger partial charge on any atom is -0.497 e. The molecular formula is C14H22ClNO2S. The molecule has 1 unspecified atom stereocenters. The summed E-state index contributed by atoms with van der Waals surface area (Å²) in [6, 6.07) is 5.71. The first-order valence-electron chi connectivity index (χ1n) is 6.24. The van der Waals surface area contributed by atoms with Crippen LogP contribution in [0.25, 0.3) is 0 Å². The second kappa shape index (κ2) is 6.73. The lowest BCUT2D eigenvalue weighted by Crippen LogP contribution is -2.39. The summed E-state index contributed by atoms with van der Waals surface area (Å²) < 4.78 is 20.0. The van der Waals surface area contributed by atoms with Gasteiger partial charge in [0.25, 0.3) is 0 Å². The Morgan fingerprint density at radius 2 is 2.05 bits per heavy atom. The van der Waals surface area contributed by atoms with Gasteiger partial charge in [-0.25, -0.2) is 8.93 Å². The van der Waals surface area contributed by atoms with Crippen LogP contribution in [0, 0.1) is 0 Å². The molecule has 0 fully saturated rings. The molecule has 0 saturated carbocycles. The van der Waals surface area contributed by atoms with Crippen LogP contribution < -0.4 is 9.46 Å². The first kappa shape index (κ1) is 16.5. The number of rotatable bonds is 5. The van der Waals surface area contributed by atoms with Crippen LogP contribution in [0.4, 0.5) is 0 Å². The highest BCUT2D eigenvalue weighted by Gasteiger charge is 2.21. The molecule has 0 aliphatic heterocycles. The van der Waals surface area contributed by atoms with Crippen LogP contribution in [0.1, 0.15) is 33.3 Å². The zero-order chi connectivity index (χ0) is 14.6. The third-order valence-electron chi connectivity index (χ3n) is 2.65. The van der Waals surface area contributed by atoms with Crippen LogP contribution in [0.5, 0.6) is 5.75 Å². The van der Waals surface area contributed by atoms with Crippen molar-refractivity contribution in [1.82, 2.24) is 4.72 Å². The highest BCUT2D eigenvalue weighted by Crippen LogP contribution is 2.23. The molecule has 2 atom stereocenters. The Balaban J connectivity index is 2.67. The first-order chi connectivity index (χ1) is 8.74. The Morgan fingerprint density at radius 1 is 1.42 bits per heavy atom. The third kappa shape index (κ3) is 5.13. The van der Waals surface area contributed by atoms with Gasteiger partial charge in [-0.15, -0.1) is 0 Å². The molecular weight excluding hydrogens is 282 g/mol. The van der Waals surface area contributed by atoms with Crippen molar-refractivity contribution in [2.75, 3.05) is 7.11 Å². The topological polar surface area (TPSA) is 38.3 Å². The fraction of sp³-hybridized carbons (Fsp3) is 0.571. The molecule has 1 N–H and O–H groups in total. The maximum absolute atomic E-state index is 12.0. The molecule has 0 saturated heterocycles. The minimum absolute atomic E-state index is 0.0888. The van der Waals surface area contributed by atoms with Crippen LogP contribution in [0.2, 0.25) is 5.02 Å². The molecule has 0 bridgehead atoms. The minimum atomic E-state index is -1.07. The van der Waals surface area contributed by atoms with Gasteiger partial charge in [-0.2, -0.15) is 0 Å². The van der Waals surface area contributed by atoms with E-state index in [9.17, 15) is 4.21 Å². The number of hydrogen-bond donors (Lipinski definition) is 1. The Hall–Kier alpha value is -0.580. The van der Waals surface area contributed by atoms with Crippen molar-refractivity contribution in [3.05, 3.63) is 28.8 Å². The van der Waals surface area contributed by atoms with Gasteiger partial charge in [0.05, 0.1) is 22.8 Å². The third-order valence-corrected chi connectivity index (χ3v) is 4.73. The van der Waals surface area contributed by atoms with E-state index in [0.717, 1.165) is 17.7 Å². The largest absolute Gasteiger partial charge is 0.497 e. The van der Waals surface area contributed by atoms with Crippen molar-refractivity contribution in [3.63, 3.8) is 0 Å². The molecule has 0 aliphatic carbocycles. The van der Waals surface area contributed by atoms with Gasteiger partial charge >= 0.3 is 0 Å². The second-order valence-corrected chi connectivity index (χ2v) is 7.97. The summed E-state index contributed by atoms with van der Waals surface area (Å²) in [5, 5.41) is 0.676. The summed E-state index contributed by atoms with van der Waals surface area (Å²) >= 11 is 6.20. The number of hydrogen-bond acceptors (Lipinski definition) is 2. The summed E-state index contributed by atoms with van der Waals surface area (Å²) in [4.78, 5) is 0. The number of nitrogens with one attached hydrogen (secondary N) is 1. The molecule has 0 heterocycles. The van der Waals surface area contributed by atoms with Crippen molar-refractivity contribution >= 4 is 22.6 Å². The van der Waals surface area contributed by atoms with Gasteiger partial charge in [0.2, 0.25) is 0 Å². The molecule has 19 heavy (non-hydrogen) atoms. The molecule has 3 nitrogen and oxygen atoms in total. The van der Waals surface area contributed by atoms with Gasteiger partial charge in [0.1, 0.15) is 5.75 Å². The molecule has 0 aromatic heterocycles. The summed E-state index contributed by atoms with van der Waals surface area (Å²) in [6.45, 7) is 7.85. The van der Waals surface area contributed by atoms with Gasteiger partial charge in [-0.05, 0) is 51.8 Å². The van der Waals surface area contributed by atoms with Crippen LogP contribution in [-0.4, -0.2) is 22.1 Å². The summed E-state index contributed by atoms with van der Waals surface area (Å²) in [6.07, 6.45) is 0.727. The zero-order valence-electron chi connectivity index (χ0n) is 12.1. The van der Waals surface area contributed by atoms with E-state index in [1.807, 2.05) is 39.8 Å². The van der Waals surface area contributed by atoms with Crippen molar-refractivity contribution in [2.24, 2.45) is 0 Å². The van der Waals surface area contributed by atoms with Crippen molar-refractivity contribution in [1.29, 1.82) is 0 Å². The van der Waals surface area contributed by atoms with E-state index in [0.29, 0.717) is 5.02 Å². The van der Waals surface area contributed by atoms with Gasteiger partial charge in [-0.1, -0.05) is 17.7 Å². The highest BCUT2D eigenvalue weighted by atomic mass is 35.5. The zero-order valence-corrected chi connectivity index (χ0v) is 13.7. The van der Waals surface area contributed by atoms with Gasteiger partial charge in [0, 0.05) is 11.1 Å². The standard InChI is InChI=1S/C14H22ClNO2S/c1-10(16-19(17)14(2,3)4)8-11-6-7-12(18-5)9-13(11)15/h6-7,9-10,16H,8H2,1-5H3/t10-,19?/m0/s1. The smallest absolute Gasteiger partial charge is 0.120 e. The van der Waals surface area contributed by atoms with Crippen LogP contribution in [0.15, 0.2) is 18.2 Å². The lowest BCUT2D eigenvalue weighted by atomic mass is 10.1. The molecule has 1 aromatic rings. The predicted molar refractivity (Wildman–Crippen MR) is 82.2 cm³/mol. The summed E-state index contributed by atoms with van der Waals surface area (Å²) in [5.41, 5.74) is 1.02. The lowest BCUT2D eigenvalue weighted by molar-refractivity contribution is 0.414. The molecule has 108 valence electrons. The second-order valence-electron chi connectivity index (χ2n) is 5.56. The van der Waals surface area contributed by atoms with Crippen LogP contribution in [-0.2, 0) is 17.4 Å². The molecule has 0 amide bonds. The molecule has 1 rings (SSSR count). The van der Waals surface area contributed by atoms with Gasteiger partial charge in [0.15, 0.2) is 0 Å². The molecule has 0 radical (unpaired) electrons. The number of methoxy groups -OCH3 is 1. The quantitative estimate of drug-likeness (QED) is 0.906. The maximum atomic E-state index is 12.0. The molecule has 0 spiro atoms. The van der Waals surface area contributed by atoms with Crippen molar-refractivity contribution < 1.29 is 8.95 Å². The predicted octanol–water partition coefficient (Wildman–Crippen LogP) is 3.33. The number of benzene rings is 1. The van der Waals surface area contributed by atoms with Crippen molar-refractivity contribution in [3.8, 4) is 5.75 Å². The number of halogens is 1. The summed E-state index contributed by atoms with van der Waals surface area (Å²) in [7, 11) is 0.542. The van der Waals surface area contributed by atoms with E-state index in [1.54, 1.807) is 13.2 Å². The monoisotopic (exact) mass is 303 g/mol. The first-order valence-corrected chi connectivity index (χ1v) is 7.77. The van der Waals surface area contributed by atoms with E-state index in [1.165, 1.54) is 0 Å². The van der Waals surface area contributed by atoms with Gasteiger partial charge in [-0.3, -0.25) is 0 Å². The van der Waals surface area contributed by atoms with E-state index in [2.05, 4.69) is 4.72 Å². The highest BCUT2D eigenvalue weighted by molar-refractivity contribution is 7.84. The van der Waals surface area contributed by atoms with Crippen molar-refractivity contribution in [2.45, 2.75) is 44.9 Å². The van der Waals surface area contributed by atoms with Crippen LogP contribution >= 0.6 is 11.6 Å². The Morgan fingerprint density at radius 3 is 2.53 bits per heavy atom. The van der Waals surface area contributed by atoms with E-state index >= 15 is 0 Å². The Labute approximate surface area is 123 Å². The average molecular weight is 304 g/mol. The van der Waals surface area contributed by atoms with E-state index in [4.69, 9.17) is 16.3 Å². The SMILES string of the molecule is COc1ccc(C[C@H](C)NS(=O)C(C)(C)C)c(Cl)c1. The molecule has 0 aliphatic rings. The van der Waals surface area contributed by atoms with E-state index in [-0.39, 0.29) is 10.8 Å². The van der Waals surface area contributed by atoms with Crippen LogP contribution in [0.3, 0.4) is 0 Å². The maximum Gasteiger partial charge on any atom is 0.120 e. The van der Waals surface area contributed by atoms with E-state index < -0.39 is 11.0 Å². The lowest BCUT2D eigenvalue weighted by Gasteiger charge is -2.22. The number of ether oxygens (including phenoxy) is 1. The Bertz CT molecular complexity index is 457. The average Bonchev–Trinajstić information content (AvgIpc) is 2.30. The molecule has 5 heteroatoms. The molecule has 1 aromatic carbocycles. The fourth-order valence-corrected chi connectivity index (χ4v) is 2.60.